The predicted octanol–water partition coefficient (Wildman–Crippen LogP) is 8.30. The first kappa shape index (κ1) is 21.0. The quantitative estimate of drug-likeness (QED) is 0.142. The molecule has 7 heteroatoms. The number of hydrogen-bond donors (Lipinski definition) is 0. The molecule has 0 atom stereocenters. The minimum absolute atomic E-state index is 0.0673. The minimum atomic E-state index is -1.61. The molecule has 0 bridgehead atoms. The summed E-state index contributed by atoms with van der Waals surface area (Å²) in [6, 6.07) is 12.7. The summed E-state index contributed by atoms with van der Waals surface area (Å²) in [5.41, 5.74) is -0.698. The molecule has 164 valence electrons. The molecular weight excluding hydrogens is 445 g/mol. The first-order valence-corrected chi connectivity index (χ1v) is 9.70. The van der Waals surface area contributed by atoms with Gasteiger partial charge in [0.25, 0.3) is 0 Å². The van der Waals surface area contributed by atoms with Gasteiger partial charge in [0.05, 0.1) is 5.56 Å². The van der Waals surface area contributed by atoms with Crippen molar-refractivity contribution in [1.29, 1.82) is 0 Å². The summed E-state index contributed by atoms with van der Waals surface area (Å²) < 4.78 is 99.7. The number of halogens is 7. The number of hydrogen-bond acceptors (Lipinski definition) is 0. The highest BCUT2D eigenvalue weighted by atomic mass is 19.2. The van der Waals surface area contributed by atoms with Crippen LogP contribution in [0.3, 0.4) is 0 Å². The molecule has 5 rings (SSSR count). The maximum Gasteiger partial charge on any atom is 0.169 e. The lowest BCUT2D eigenvalue weighted by Gasteiger charge is -2.19. The largest absolute Gasteiger partial charge is 0.207 e. The Kier molecular flexibility index (Phi) is 4.85. The Bertz CT molecular complexity index is 1560. The molecule has 0 unspecified atom stereocenters. The van der Waals surface area contributed by atoms with Gasteiger partial charge in [0.1, 0.15) is 5.82 Å². The number of fused-ring (bicyclic) bond motifs is 2. The summed E-state index contributed by atoms with van der Waals surface area (Å²) in [4.78, 5) is 0. The van der Waals surface area contributed by atoms with Crippen LogP contribution in [-0.4, -0.2) is 0 Å². The average molecular weight is 456 g/mol. The average Bonchev–Trinajstić information content (AvgIpc) is 2.79. The van der Waals surface area contributed by atoms with Crippen molar-refractivity contribution in [3.05, 3.63) is 107 Å². The van der Waals surface area contributed by atoms with Crippen molar-refractivity contribution in [1.82, 2.24) is 0 Å². The zero-order valence-electron chi connectivity index (χ0n) is 16.5. The highest BCUT2D eigenvalue weighted by Crippen LogP contribution is 2.45. The van der Waals surface area contributed by atoms with Gasteiger partial charge in [-0.25, -0.2) is 30.7 Å². The summed E-state index contributed by atoms with van der Waals surface area (Å²) in [6.45, 7) is 0. The summed E-state index contributed by atoms with van der Waals surface area (Å²) in [7, 11) is 0. The van der Waals surface area contributed by atoms with Crippen molar-refractivity contribution in [2.45, 2.75) is 0 Å². The molecule has 0 N–H and O–H groups in total. The Balaban J connectivity index is 2.05. The maximum absolute atomic E-state index is 14.8. The Morgan fingerprint density at radius 3 is 1.64 bits per heavy atom. The standard InChI is InChI=1S/C26H11F7/c27-13-6-7-16-17(10-13)22(12-5-8-18(28)19(29)9-12)14-3-1-2-4-15(14)23(16)24-25(32)20(30)11-21(31)26(24)33/h1-11H. The van der Waals surface area contributed by atoms with Crippen LogP contribution < -0.4 is 0 Å². The molecule has 0 aliphatic carbocycles. The Morgan fingerprint density at radius 1 is 0.394 bits per heavy atom. The van der Waals surface area contributed by atoms with Crippen LogP contribution in [0.4, 0.5) is 30.7 Å². The van der Waals surface area contributed by atoms with Gasteiger partial charge in [-0.2, -0.15) is 0 Å². The van der Waals surface area contributed by atoms with Gasteiger partial charge in [-0.05, 0) is 56.9 Å². The molecule has 5 aromatic rings. The Hall–Kier alpha value is -3.87. The van der Waals surface area contributed by atoms with E-state index in [0.717, 1.165) is 24.3 Å². The van der Waals surface area contributed by atoms with Gasteiger partial charge in [-0.1, -0.05) is 36.4 Å². The van der Waals surface area contributed by atoms with Crippen LogP contribution in [0.2, 0.25) is 0 Å². The van der Waals surface area contributed by atoms with Crippen molar-refractivity contribution >= 4 is 21.5 Å². The van der Waals surface area contributed by atoms with Crippen molar-refractivity contribution in [3.63, 3.8) is 0 Å². The van der Waals surface area contributed by atoms with Crippen LogP contribution in [0.1, 0.15) is 0 Å². The van der Waals surface area contributed by atoms with Crippen LogP contribution in [0.25, 0.3) is 43.8 Å². The van der Waals surface area contributed by atoms with Gasteiger partial charge >= 0.3 is 0 Å². The van der Waals surface area contributed by atoms with Crippen LogP contribution in [0.15, 0.2) is 66.7 Å². The maximum atomic E-state index is 14.8. The summed E-state index contributed by atoms with van der Waals surface area (Å²) >= 11 is 0. The molecule has 0 saturated carbocycles. The second-order valence-electron chi connectivity index (χ2n) is 7.46. The zero-order valence-corrected chi connectivity index (χ0v) is 16.5. The van der Waals surface area contributed by atoms with E-state index in [2.05, 4.69) is 0 Å². The lowest BCUT2D eigenvalue weighted by molar-refractivity contribution is 0.458. The van der Waals surface area contributed by atoms with Gasteiger partial charge < -0.3 is 0 Å². The van der Waals surface area contributed by atoms with E-state index < -0.39 is 46.3 Å². The summed E-state index contributed by atoms with van der Waals surface area (Å²) in [5, 5.41) is 0.634. The third-order valence-corrected chi connectivity index (χ3v) is 5.56. The lowest BCUT2D eigenvalue weighted by atomic mass is 9.85. The Labute approximate surface area is 182 Å². The van der Waals surface area contributed by atoms with E-state index in [1.807, 2.05) is 0 Å². The van der Waals surface area contributed by atoms with Crippen LogP contribution in [0, 0.1) is 40.7 Å². The van der Waals surface area contributed by atoms with Crippen molar-refractivity contribution in [2.24, 2.45) is 0 Å². The fourth-order valence-electron chi connectivity index (χ4n) is 4.18. The van der Waals surface area contributed by atoms with E-state index in [1.165, 1.54) is 24.3 Å². The number of benzene rings is 5. The van der Waals surface area contributed by atoms with E-state index >= 15 is 0 Å². The molecule has 5 aromatic carbocycles. The fourth-order valence-corrected chi connectivity index (χ4v) is 4.18. The van der Waals surface area contributed by atoms with Gasteiger partial charge in [-0.15, -0.1) is 0 Å². The van der Waals surface area contributed by atoms with Crippen molar-refractivity contribution in [3.8, 4) is 22.3 Å². The SMILES string of the molecule is Fc1ccc2c(-c3c(F)c(F)cc(F)c3F)c3ccccc3c(-c3ccc(F)c(F)c3)c2c1. The fraction of sp³-hybridized carbons (Fsp3) is 0. The summed E-state index contributed by atoms with van der Waals surface area (Å²) in [5.74, 6) is -9.33. The molecule has 0 aromatic heterocycles. The molecular formula is C26H11F7. The molecule has 0 aliphatic heterocycles. The number of rotatable bonds is 2. The first-order chi connectivity index (χ1) is 15.8. The highest BCUT2D eigenvalue weighted by molar-refractivity contribution is 6.21. The Morgan fingerprint density at radius 2 is 1.00 bits per heavy atom. The monoisotopic (exact) mass is 456 g/mol. The van der Waals surface area contributed by atoms with Crippen LogP contribution >= 0.6 is 0 Å². The molecule has 0 radical (unpaired) electrons. The van der Waals surface area contributed by atoms with Crippen molar-refractivity contribution < 1.29 is 30.7 Å². The van der Waals surface area contributed by atoms with Gasteiger partial charge in [-0.3, -0.25) is 0 Å². The molecule has 0 heterocycles. The third-order valence-electron chi connectivity index (χ3n) is 5.56. The van der Waals surface area contributed by atoms with E-state index in [-0.39, 0.29) is 38.9 Å². The first-order valence-electron chi connectivity index (χ1n) is 9.70. The van der Waals surface area contributed by atoms with E-state index in [4.69, 9.17) is 0 Å². The second-order valence-corrected chi connectivity index (χ2v) is 7.46. The lowest BCUT2D eigenvalue weighted by Crippen LogP contribution is -2.01. The van der Waals surface area contributed by atoms with Crippen molar-refractivity contribution in [2.75, 3.05) is 0 Å². The summed E-state index contributed by atoms with van der Waals surface area (Å²) in [6.07, 6.45) is 0. The molecule has 0 spiro atoms. The van der Waals surface area contributed by atoms with Gasteiger partial charge in [0.15, 0.2) is 34.9 Å². The molecule has 0 saturated heterocycles. The molecule has 0 aliphatic rings. The minimum Gasteiger partial charge on any atom is -0.207 e. The normalized spacial score (nSPS) is 11.5. The van der Waals surface area contributed by atoms with Gasteiger partial charge in [0, 0.05) is 11.6 Å². The molecule has 33 heavy (non-hydrogen) atoms. The third kappa shape index (κ3) is 3.23. The molecule has 0 fully saturated rings. The van der Waals surface area contributed by atoms with E-state index in [1.54, 1.807) is 12.1 Å². The smallest absolute Gasteiger partial charge is 0.169 e. The molecule has 0 nitrogen and oxygen atoms in total. The highest BCUT2D eigenvalue weighted by Gasteiger charge is 2.26. The van der Waals surface area contributed by atoms with Crippen LogP contribution in [-0.2, 0) is 0 Å². The van der Waals surface area contributed by atoms with E-state index in [0.29, 0.717) is 5.39 Å². The van der Waals surface area contributed by atoms with Crippen LogP contribution in [0.5, 0.6) is 0 Å². The van der Waals surface area contributed by atoms with Gasteiger partial charge in [0.2, 0.25) is 0 Å². The molecule has 0 amide bonds. The van der Waals surface area contributed by atoms with E-state index in [9.17, 15) is 30.7 Å². The topological polar surface area (TPSA) is 0 Å². The second kappa shape index (κ2) is 7.62. The zero-order chi connectivity index (χ0) is 23.4. The predicted molar refractivity (Wildman–Crippen MR) is 112 cm³/mol.